The molecule has 0 fully saturated rings. The average Bonchev–Trinajstić information content (AvgIpc) is 2.02. The van der Waals surface area contributed by atoms with Gasteiger partial charge < -0.3 is 5.11 Å². The first-order chi connectivity index (χ1) is 6.43. The van der Waals surface area contributed by atoms with E-state index in [-0.39, 0.29) is 0 Å². The van der Waals surface area contributed by atoms with Gasteiger partial charge in [0.25, 0.3) is 6.43 Å². The molecule has 0 saturated carbocycles. The van der Waals surface area contributed by atoms with Gasteiger partial charge in [-0.05, 0) is 6.07 Å². The third-order valence-corrected chi connectivity index (χ3v) is 1.71. The van der Waals surface area contributed by atoms with Crippen LogP contribution in [0.2, 0.25) is 5.15 Å². The van der Waals surface area contributed by atoms with E-state index in [2.05, 4.69) is 4.98 Å². The highest BCUT2D eigenvalue weighted by atomic mass is 35.5. The zero-order chi connectivity index (χ0) is 10.9. The molecular formula is C7H3ClF3NO2. The number of rotatable bonds is 2. The maximum absolute atomic E-state index is 12.7. The molecule has 1 aromatic heterocycles. The van der Waals surface area contributed by atoms with E-state index in [0.717, 1.165) is 0 Å². The molecule has 0 aliphatic rings. The van der Waals surface area contributed by atoms with Crippen LogP contribution in [0.5, 0.6) is 0 Å². The lowest BCUT2D eigenvalue weighted by Gasteiger charge is -2.03. The summed E-state index contributed by atoms with van der Waals surface area (Å²) in [7, 11) is 0. The Morgan fingerprint density at radius 1 is 1.57 bits per heavy atom. The van der Waals surface area contributed by atoms with Crippen molar-refractivity contribution in [2.75, 3.05) is 0 Å². The molecule has 0 aliphatic carbocycles. The number of hydrogen-bond acceptors (Lipinski definition) is 2. The molecule has 7 heteroatoms. The van der Waals surface area contributed by atoms with Crippen LogP contribution in [-0.2, 0) is 0 Å². The third kappa shape index (κ3) is 1.95. The van der Waals surface area contributed by atoms with Crippen molar-refractivity contribution in [2.45, 2.75) is 6.43 Å². The lowest BCUT2D eigenvalue weighted by molar-refractivity contribution is 0.0696. The Hall–Kier alpha value is -1.30. The van der Waals surface area contributed by atoms with Gasteiger partial charge in [0.2, 0.25) is 5.95 Å². The first-order valence-electron chi connectivity index (χ1n) is 3.31. The van der Waals surface area contributed by atoms with Crippen LogP contribution in [0.1, 0.15) is 22.3 Å². The van der Waals surface area contributed by atoms with Crippen molar-refractivity contribution < 1.29 is 23.1 Å². The van der Waals surface area contributed by atoms with Gasteiger partial charge in [-0.3, -0.25) is 0 Å². The van der Waals surface area contributed by atoms with E-state index < -0.39 is 34.6 Å². The SMILES string of the molecule is O=C(O)c1cc(C(F)F)c(F)nc1Cl. The van der Waals surface area contributed by atoms with Gasteiger partial charge in [0.15, 0.2) is 0 Å². The summed E-state index contributed by atoms with van der Waals surface area (Å²) in [4.78, 5) is 13.3. The summed E-state index contributed by atoms with van der Waals surface area (Å²) in [6.07, 6.45) is -3.13. The topological polar surface area (TPSA) is 50.2 Å². The highest BCUT2D eigenvalue weighted by Gasteiger charge is 2.20. The molecule has 1 aromatic rings. The number of nitrogens with zero attached hydrogens (tertiary/aromatic N) is 1. The highest BCUT2D eigenvalue weighted by Crippen LogP contribution is 2.25. The number of aromatic nitrogens is 1. The number of alkyl halides is 2. The molecule has 1 N–H and O–H groups in total. The van der Waals surface area contributed by atoms with E-state index in [1.165, 1.54) is 0 Å². The van der Waals surface area contributed by atoms with Crippen LogP contribution in [0.3, 0.4) is 0 Å². The van der Waals surface area contributed by atoms with Crippen molar-refractivity contribution in [3.8, 4) is 0 Å². The van der Waals surface area contributed by atoms with Gasteiger partial charge in [-0.15, -0.1) is 0 Å². The predicted molar refractivity (Wildman–Crippen MR) is 41.1 cm³/mol. The molecule has 1 rings (SSSR count). The number of carboxylic acid groups (broad SMARTS) is 1. The van der Waals surface area contributed by atoms with E-state index in [4.69, 9.17) is 16.7 Å². The van der Waals surface area contributed by atoms with Gasteiger partial charge in [0, 0.05) is 0 Å². The second-order valence-corrected chi connectivity index (χ2v) is 2.67. The molecule has 76 valence electrons. The first kappa shape index (κ1) is 10.8. The first-order valence-corrected chi connectivity index (χ1v) is 3.68. The molecule has 0 saturated heterocycles. The maximum Gasteiger partial charge on any atom is 0.338 e. The van der Waals surface area contributed by atoms with Crippen LogP contribution in [-0.4, -0.2) is 16.1 Å². The van der Waals surface area contributed by atoms with Crippen molar-refractivity contribution in [1.29, 1.82) is 0 Å². The monoisotopic (exact) mass is 225 g/mol. The summed E-state index contributed by atoms with van der Waals surface area (Å²) >= 11 is 5.22. The number of carboxylic acids is 1. The summed E-state index contributed by atoms with van der Waals surface area (Å²) in [5, 5.41) is 7.82. The minimum Gasteiger partial charge on any atom is -0.478 e. The number of aromatic carboxylic acids is 1. The summed E-state index contributed by atoms with van der Waals surface area (Å²) in [5.74, 6) is -3.00. The fourth-order valence-electron chi connectivity index (χ4n) is 0.789. The second-order valence-electron chi connectivity index (χ2n) is 2.31. The molecule has 0 unspecified atom stereocenters. The number of hydrogen-bond donors (Lipinski definition) is 1. The molecular weight excluding hydrogens is 223 g/mol. The molecule has 0 amide bonds. The molecule has 0 radical (unpaired) electrons. The van der Waals surface area contributed by atoms with Crippen LogP contribution in [0, 0.1) is 5.95 Å². The Morgan fingerprint density at radius 2 is 2.14 bits per heavy atom. The average molecular weight is 226 g/mol. The molecule has 14 heavy (non-hydrogen) atoms. The van der Waals surface area contributed by atoms with Gasteiger partial charge in [0.1, 0.15) is 5.15 Å². The predicted octanol–water partition coefficient (Wildman–Crippen LogP) is 2.51. The van der Waals surface area contributed by atoms with Gasteiger partial charge in [0.05, 0.1) is 11.1 Å². The molecule has 0 aromatic carbocycles. The van der Waals surface area contributed by atoms with Crippen molar-refractivity contribution in [3.05, 3.63) is 28.3 Å². The van der Waals surface area contributed by atoms with E-state index in [1.54, 1.807) is 0 Å². The molecule has 0 atom stereocenters. The zero-order valence-electron chi connectivity index (χ0n) is 6.47. The Kier molecular flexibility index (Phi) is 2.95. The van der Waals surface area contributed by atoms with E-state index >= 15 is 0 Å². The molecule has 3 nitrogen and oxygen atoms in total. The molecule has 0 spiro atoms. The number of pyridine rings is 1. The maximum atomic E-state index is 12.7. The van der Waals surface area contributed by atoms with Gasteiger partial charge in [-0.2, -0.15) is 4.39 Å². The number of carbonyl (C=O) groups is 1. The quantitative estimate of drug-likeness (QED) is 0.787. The van der Waals surface area contributed by atoms with Crippen molar-refractivity contribution in [1.82, 2.24) is 4.98 Å². The largest absolute Gasteiger partial charge is 0.478 e. The summed E-state index contributed by atoms with van der Waals surface area (Å²) in [6, 6.07) is 0.470. The molecule has 1 heterocycles. The van der Waals surface area contributed by atoms with E-state index in [9.17, 15) is 18.0 Å². The lowest BCUT2D eigenvalue weighted by atomic mass is 10.2. The minimum absolute atomic E-state index is 0.470. The van der Waals surface area contributed by atoms with Crippen molar-refractivity contribution >= 4 is 17.6 Å². The van der Waals surface area contributed by atoms with E-state index in [0.29, 0.717) is 6.07 Å². The van der Waals surface area contributed by atoms with Gasteiger partial charge in [-0.25, -0.2) is 18.6 Å². The smallest absolute Gasteiger partial charge is 0.338 e. The van der Waals surface area contributed by atoms with E-state index in [1.807, 2.05) is 0 Å². The van der Waals surface area contributed by atoms with Crippen LogP contribution in [0.15, 0.2) is 6.07 Å². The van der Waals surface area contributed by atoms with Crippen LogP contribution in [0.4, 0.5) is 13.2 Å². The molecule has 0 aliphatic heterocycles. The van der Waals surface area contributed by atoms with Crippen LogP contribution < -0.4 is 0 Å². The third-order valence-electron chi connectivity index (χ3n) is 1.42. The van der Waals surface area contributed by atoms with Crippen molar-refractivity contribution in [2.24, 2.45) is 0 Å². The standard InChI is InChI=1S/C7H3ClF3NO2/c8-4-2(7(13)14)1-3(5(9)10)6(11)12-4/h1,5H,(H,13,14). The Morgan fingerprint density at radius 3 is 2.57 bits per heavy atom. The lowest BCUT2D eigenvalue weighted by Crippen LogP contribution is -2.04. The van der Waals surface area contributed by atoms with Crippen molar-refractivity contribution in [3.63, 3.8) is 0 Å². The zero-order valence-corrected chi connectivity index (χ0v) is 7.23. The van der Waals surface area contributed by atoms with Crippen LogP contribution >= 0.6 is 11.6 Å². The fourth-order valence-corrected chi connectivity index (χ4v) is 0.998. The second kappa shape index (κ2) is 3.83. The Balaban J connectivity index is 3.34. The summed E-state index contributed by atoms with van der Waals surface area (Å²) < 4.78 is 36.9. The van der Waals surface area contributed by atoms with Gasteiger partial charge >= 0.3 is 5.97 Å². The number of halogens is 4. The normalized spacial score (nSPS) is 10.6. The Bertz CT molecular complexity index is 383. The minimum atomic E-state index is -3.13. The van der Waals surface area contributed by atoms with Crippen LogP contribution in [0.25, 0.3) is 0 Å². The summed E-state index contributed by atoms with van der Waals surface area (Å²) in [5.41, 5.74) is -1.73. The molecule has 0 bridgehead atoms. The highest BCUT2D eigenvalue weighted by molar-refractivity contribution is 6.32. The Labute approximate surface area is 81.1 Å². The fraction of sp³-hybridized carbons (Fsp3) is 0.143. The summed E-state index contributed by atoms with van der Waals surface area (Å²) in [6.45, 7) is 0. The van der Waals surface area contributed by atoms with Gasteiger partial charge in [-0.1, -0.05) is 11.6 Å².